The molecule has 2 aromatic carbocycles. The van der Waals surface area contributed by atoms with Gasteiger partial charge in [0.25, 0.3) is 0 Å². The Bertz CT molecular complexity index is 595. The summed E-state index contributed by atoms with van der Waals surface area (Å²) in [6, 6.07) is 18.3. The van der Waals surface area contributed by atoms with Gasteiger partial charge in [-0.05, 0) is 43.8 Å². The molecule has 4 heteroatoms. The molecule has 23 heavy (non-hydrogen) atoms. The highest BCUT2D eigenvalue weighted by molar-refractivity contribution is 5.59. The molecule has 3 rings (SSSR count). The first-order chi connectivity index (χ1) is 11.4. The Morgan fingerprint density at radius 2 is 1.57 bits per heavy atom. The Morgan fingerprint density at radius 1 is 0.870 bits per heavy atom. The minimum absolute atomic E-state index is 0.772. The number of ether oxygens (including phenoxy) is 1. The highest BCUT2D eigenvalue weighted by atomic mass is 16.5. The molecule has 0 spiro atoms. The highest BCUT2D eigenvalue weighted by Gasteiger charge is 2.19. The Labute approximate surface area is 138 Å². The number of nitrogens with zero attached hydrogens (tertiary/aromatic N) is 2. The van der Waals surface area contributed by atoms with E-state index in [4.69, 9.17) is 10.5 Å². The van der Waals surface area contributed by atoms with Gasteiger partial charge in [-0.3, -0.25) is 4.90 Å². The van der Waals surface area contributed by atoms with E-state index in [-0.39, 0.29) is 0 Å². The number of benzene rings is 2. The molecule has 0 atom stereocenters. The number of nitrogens with two attached hydrogens (primary N) is 1. The van der Waals surface area contributed by atoms with Gasteiger partial charge < -0.3 is 15.4 Å². The number of rotatable bonds is 6. The molecule has 0 aromatic heterocycles. The predicted octanol–water partition coefficient (Wildman–Crippen LogP) is 2.95. The van der Waals surface area contributed by atoms with Crippen LogP contribution in [0, 0.1) is 0 Å². The van der Waals surface area contributed by atoms with Crippen LogP contribution in [0.2, 0.25) is 0 Å². The van der Waals surface area contributed by atoms with Crippen molar-refractivity contribution in [1.29, 1.82) is 0 Å². The molecule has 1 aliphatic heterocycles. The van der Waals surface area contributed by atoms with Crippen LogP contribution in [-0.2, 0) is 0 Å². The van der Waals surface area contributed by atoms with Crippen molar-refractivity contribution < 1.29 is 4.74 Å². The maximum absolute atomic E-state index is 6.08. The van der Waals surface area contributed by atoms with Crippen molar-refractivity contribution in [3.8, 4) is 11.5 Å². The van der Waals surface area contributed by atoms with Crippen LogP contribution >= 0.6 is 0 Å². The molecule has 1 saturated heterocycles. The second-order valence-corrected chi connectivity index (χ2v) is 5.85. The van der Waals surface area contributed by atoms with Gasteiger partial charge in [-0.1, -0.05) is 30.3 Å². The second kappa shape index (κ2) is 7.99. The van der Waals surface area contributed by atoms with E-state index < -0.39 is 0 Å². The van der Waals surface area contributed by atoms with Crippen molar-refractivity contribution in [3.63, 3.8) is 0 Å². The summed E-state index contributed by atoms with van der Waals surface area (Å²) >= 11 is 0. The number of anilines is 1. The fourth-order valence-corrected chi connectivity index (χ4v) is 2.95. The average Bonchev–Trinajstić information content (AvgIpc) is 2.62. The van der Waals surface area contributed by atoms with E-state index in [1.165, 1.54) is 5.69 Å². The van der Waals surface area contributed by atoms with Crippen LogP contribution < -0.4 is 15.4 Å². The van der Waals surface area contributed by atoms with E-state index in [1.807, 2.05) is 42.5 Å². The highest BCUT2D eigenvalue weighted by Crippen LogP contribution is 2.32. The van der Waals surface area contributed by atoms with E-state index >= 15 is 0 Å². The Hall–Kier alpha value is -2.04. The van der Waals surface area contributed by atoms with Gasteiger partial charge in [-0.15, -0.1) is 0 Å². The average molecular weight is 311 g/mol. The fourth-order valence-electron chi connectivity index (χ4n) is 2.95. The van der Waals surface area contributed by atoms with Crippen molar-refractivity contribution in [3.05, 3.63) is 54.6 Å². The lowest BCUT2D eigenvalue weighted by Gasteiger charge is -2.36. The molecule has 0 unspecified atom stereocenters. The summed E-state index contributed by atoms with van der Waals surface area (Å²) in [5.41, 5.74) is 6.78. The monoisotopic (exact) mass is 311 g/mol. The quantitative estimate of drug-likeness (QED) is 0.890. The Morgan fingerprint density at radius 3 is 2.30 bits per heavy atom. The lowest BCUT2D eigenvalue weighted by molar-refractivity contribution is 0.256. The van der Waals surface area contributed by atoms with Crippen LogP contribution in [0.5, 0.6) is 11.5 Å². The zero-order valence-corrected chi connectivity index (χ0v) is 13.5. The predicted molar refractivity (Wildman–Crippen MR) is 95.3 cm³/mol. The summed E-state index contributed by atoms with van der Waals surface area (Å²) in [5, 5.41) is 0. The van der Waals surface area contributed by atoms with Gasteiger partial charge in [-0.25, -0.2) is 0 Å². The van der Waals surface area contributed by atoms with Gasteiger partial charge in [0.1, 0.15) is 5.75 Å². The molecule has 1 aliphatic rings. The molecule has 0 amide bonds. The van der Waals surface area contributed by atoms with Crippen LogP contribution in [0.1, 0.15) is 6.42 Å². The number of piperazine rings is 1. The van der Waals surface area contributed by atoms with Crippen LogP contribution in [0.15, 0.2) is 54.6 Å². The second-order valence-electron chi connectivity index (χ2n) is 5.85. The summed E-state index contributed by atoms with van der Waals surface area (Å²) in [7, 11) is 0. The Balaban J connectivity index is 1.67. The van der Waals surface area contributed by atoms with E-state index in [9.17, 15) is 0 Å². The number of hydrogen-bond acceptors (Lipinski definition) is 4. The molecule has 1 heterocycles. The lowest BCUT2D eigenvalue weighted by atomic mass is 10.2. The zero-order chi connectivity index (χ0) is 15.9. The third-order valence-electron chi connectivity index (χ3n) is 4.23. The third-order valence-corrected chi connectivity index (χ3v) is 4.23. The first-order valence-electron chi connectivity index (χ1n) is 8.36. The van der Waals surface area contributed by atoms with Gasteiger partial charge in [0.2, 0.25) is 0 Å². The minimum Gasteiger partial charge on any atom is -0.455 e. The minimum atomic E-state index is 0.772. The maximum Gasteiger partial charge on any atom is 0.150 e. The molecule has 1 fully saturated rings. The van der Waals surface area contributed by atoms with E-state index in [1.54, 1.807) is 0 Å². The summed E-state index contributed by atoms with van der Waals surface area (Å²) in [6.07, 6.45) is 1.08. The van der Waals surface area contributed by atoms with Crippen molar-refractivity contribution in [2.45, 2.75) is 6.42 Å². The van der Waals surface area contributed by atoms with Crippen LogP contribution in [-0.4, -0.2) is 44.2 Å². The molecule has 0 bridgehead atoms. The van der Waals surface area contributed by atoms with Gasteiger partial charge >= 0.3 is 0 Å². The van der Waals surface area contributed by atoms with E-state index in [0.717, 1.165) is 57.2 Å². The first kappa shape index (κ1) is 15.8. The van der Waals surface area contributed by atoms with Crippen LogP contribution in [0.25, 0.3) is 0 Å². The maximum atomic E-state index is 6.08. The molecular weight excluding hydrogens is 286 g/mol. The molecular formula is C19H25N3O. The number of para-hydroxylation sites is 3. The molecule has 0 saturated carbocycles. The SMILES string of the molecule is NCCCN1CCN(c2ccccc2Oc2ccccc2)CC1. The van der Waals surface area contributed by atoms with Crippen molar-refractivity contribution in [1.82, 2.24) is 4.90 Å². The fraction of sp³-hybridized carbons (Fsp3) is 0.368. The van der Waals surface area contributed by atoms with Gasteiger partial charge in [0, 0.05) is 26.2 Å². The van der Waals surface area contributed by atoms with Crippen LogP contribution in [0.3, 0.4) is 0 Å². The normalized spacial score (nSPS) is 15.6. The summed E-state index contributed by atoms with van der Waals surface area (Å²) in [6.45, 7) is 6.10. The summed E-state index contributed by atoms with van der Waals surface area (Å²) in [4.78, 5) is 4.90. The molecule has 0 radical (unpaired) electrons. The molecule has 2 N–H and O–H groups in total. The van der Waals surface area contributed by atoms with Gasteiger partial charge in [0.15, 0.2) is 5.75 Å². The van der Waals surface area contributed by atoms with Crippen molar-refractivity contribution in [2.24, 2.45) is 5.73 Å². The molecule has 122 valence electrons. The van der Waals surface area contributed by atoms with Crippen molar-refractivity contribution >= 4 is 5.69 Å². The molecule has 4 nitrogen and oxygen atoms in total. The summed E-state index contributed by atoms with van der Waals surface area (Å²) < 4.78 is 6.08. The van der Waals surface area contributed by atoms with Gasteiger partial charge in [-0.2, -0.15) is 0 Å². The number of hydrogen-bond donors (Lipinski definition) is 1. The largest absolute Gasteiger partial charge is 0.455 e. The third kappa shape index (κ3) is 4.24. The smallest absolute Gasteiger partial charge is 0.150 e. The van der Waals surface area contributed by atoms with E-state index in [0.29, 0.717) is 0 Å². The zero-order valence-electron chi connectivity index (χ0n) is 13.5. The Kier molecular flexibility index (Phi) is 5.51. The summed E-state index contributed by atoms with van der Waals surface area (Å²) in [5.74, 6) is 1.80. The van der Waals surface area contributed by atoms with Crippen molar-refractivity contribution in [2.75, 3.05) is 44.2 Å². The van der Waals surface area contributed by atoms with Gasteiger partial charge in [0.05, 0.1) is 5.69 Å². The lowest BCUT2D eigenvalue weighted by Crippen LogP contribution is -2.47. The topological polar surface area (TPSA) is 41.7 Å². The first-order valence-corrected chi connectivity index (χ1v) is 8.36. The molecule has 0 aliphatic carbocycles. The van der Waals surface area contributed by atoms with E-state index in [2.05, 4.69) is 21.9 Å². The standard InChI is InChI=1S/C19H25N3O/c20-11-6-12-21-13-15-22(16-14-21)18-9-4-5-10-19(18)23-17-7-2-1-3-8-17/h1-5,7-10H,6,11-16,20H2. The molecule has 2 aromatic rings. The van der Waals surface area contributed by atoms with Crippen LogP contribution in [0.4, 0.5) is 5.69 Å².